The highest BCUT2D eigenvalue weighted by atomic mass is 32.2. The van der Waals surface area contributed by atoms with Gasteiger partial charge in [-0.05, 0) is 37.6 Å². The third-order valence-corrected chi connectivity index (χ3v) is 6.35. The summed E-state index contributed by atoms with van der Waals surface area (Å²) in [6, 6.07) is 7.34. The largest absolute Gasteiger partial charge is 0.308 e. The Bertz CT molecular complexity index is 578. The van der Waals surface area contributed by atoms with Crippen LogP contribution in [0, 0.1) is 0 Å². The molecule has 4 nitrogen and oxygen atoms in total. The molecular formula is C16H24N2O2S. The van der Waals surface area contributed by atoms with Gasteiger partial charge in [-0.25, -0.2) is 8.42 Å². The molecule has 1 N–H and O–H groups in total. The van der Waals surface area contributed by atoms with Crippen LogP contribution < -0.4 is 5.32 Å². The first-order valence-corrected chi connectivity index (χ1v) is 9.59. The Morgan fingerprint density at radius 2 is 1.81 bits per heavy atom. The number of benzene rings is 1. The number of sulfone groups is 1. The minimum Gasteiger partial charge on any atom is -0.308 e. The molecule has 0 amide bonds. The number of nitrogens with one attached hydrogen (secondary N) is 1. The van der Waals surface area contributed by atoms with Gasteiger partial charge < -0.3 is 10.2 Å². The van der Waals surface area contributed by atoms with Crippen LogP contribution in [-0.2, 0) is 9.84 Å². The van der Waals surface area contributed by atoms with Gasteiger partial charge >= 0.3 is 0 Å². The summed E-state index contributed by atoms with van der Waals surface area (Å²) in [5, 5.41) is 3.44. The average molecular weight is 308 g/mol. The zero-order chi connectivity index (χ0) is 14.7. The van der Waals surface area contributed by atoms with Crippen LogP contribution in [0.15, 0.2) is 29.2 Å². The summed E-state index contributed by atoms with van der Waals surface area (Å²) < 4.78 is 24.2. The van der Waals surface area contributed by atoms with Crippen LogP contribution in [0.25, 0.3) is 0 Å². The van der Waals surface area contributed by atoms with Crippen molar-refractivity contribution in [1.82, 2.24) is 10.2 Å². The Morgan fingerprint density at radius 1 is 1.10 bits per heavy atom. The molecule has 0 spiro atoms. The zero-order valence-electron chi connectivity index (χ0n) is 12.4. The fourth-order valence-corrected chi connectivity index (χ4v) is 5.15. The number of hydrogen-bond donors (Lipinski definition) is 1. The minimum atomic E-state index is -3.09. The van der Waals surface area contributed by atoms with E-state index in [1.807, 2.05) is 12.1 Å². The van der Waals surface area contributed by atoms with Crippen molar-refractivity contribution in [3.8, 4) is 0 Å². The molecule has 0 aromatic heterocycles. The van der Waals surface area contributed by atoms with Gasteiger partial charge in [0.05, 0.1) is 10.6 Å². The van der Waals surface area contributed by atoms with Gasteiger partial charge in [0.1, 0.15) is 0 Å². The molecule has 1 aromatic rings. The van der Waals surface area contributed by atoms with Crippen molar-refractivity contribution in [3.63, 3.8) is 0 Å². The maximum atomic E-state index is 12.1. The van der Waals surface area contributed by atoms with E-state index in [0.717, 1.165) is 18.7 Å². The molecule has 2 heterocycles. The second-order valence-corrected chi connectivity index (χ2v) is 8.08. The van der Waals surface area contributed by atoms with E-state index < -0.39 is 9.84 Å². The first-order valence-electron chi connectivity index (χ1n) is 7.94. The summed E-state index contributed by atoms with van der Waals surface area (Å²) in [5.41, 5.74) is 0.938. The molecule has 1 unspecified atom stereocenters. The molecule has 0 saturated carbocycles. The molecule has 2 aliphatic rings. The lowest BCUT2D eigenvalue weighted by molar-refractivity contribution is 0.280. The SMILES string of the molecule is O=S1(=O)CC(NCCN2CCCCCC2)c2ccccc21. The Balaban J connectivity index is 1.57. The van der Waals surface area contributed by atoms with Crippen molar-refractivity contribution < 1.29 is 8.42 Å². The van der Waals surface area contributed by atoms with E-state index in [2.05, 4.69) is 10.2 Å². The minimum absolute atomic E-state index is 0.0434. The number of hydrogen-bond acceptors (Lipinski definition) is 4. The van der Waals surface area contributed by atoms with E-state index in [9.17, 15) is 8.42 Å². The lowest BCUT2D eigenvalue weighted by Crippen LogP contribution is -2.34. The first kappa shape index (κ1) is 15.0. The maximum Gasteiger partial charge on any atom is 0.180 e. The number of fused-ring (bicyclic) bond motifs is 1. The van der Waals surface area contributed by atoms with E-state index in [1.54, 1.807) is 12.1 Å². The Labute approximate surface area is 127 Å². The van der Waals surface area contributed by atoms with Gasteiger partial charge in [0, 0.05) is 19.1 Å². The lowest BCUT2D eigenvalue weighted by atomic mass is 10.1. The summed E-state index contributed by atoms with van der Waals surface area (Å²) in [5.74, 6) is 0.201. The van der Waals surface area contributed by atoms with Gasteiger partial charge in [-0.3, -0.25) is 0 Å². The van der Waals surface area contributed by atoms with Crippen LogP contribution in [0.1, 0.15) is 37.3 Å². The molecule has 1 aromatic carbocycles. The standard InChI is InChI=1S/C16H24N2O2S/c19-21(20)13-15(14-7-3-4-8-16(14)21)17-9-12-18-10-5-1-2-6-11-18/h3-4,7-8,15,17H,1-2,5-6,9-13H2. The predicted octanol–water partition coefficient (Wildman–Crippen LogP) is 1.98. The van der Waals surface area contributed by atoms with Gasteiger partial charge in [-0.2, -0.15) is 0 Å². The van der Waals surface area contributed by atoms with Gasteiger partial charge in [-0.15, -0.1) is 0 Å². The molecule has 0 radical (unpaired) electrons. The first-order chi connectivity index (χ1) is 10.2. The maximum absolute atomic E-state index is 12.1. The molecule has 0 bridgehead atoms. The van der Waals surface area contributed by atoms with Crippen molar-refractivity contribution in [1.29, 1.82) is 0 Å². The second kappa shape index (κ2) is 6.46. The van der Waals surface area contributed by atoms with Gasteiger partial charge in [0.2, 0.25) is 0 Å². The summed E-state index contributed by atoms with van der Waals surface area (Å²) >= 11 is 0. The molecule has 2 aliphatic heterocycles. The van der Waals surface area contributed by atoms with Crippen LogP contribution in [-0.4, -0.2) is 45.2 Å². The van der Waals surface area contributed by atoms with Crippen LogP contribution >= 0.6 is 0 Å². The summed E-state index contributed by atoms with van der Waals surface area (Å²) in [4.78, 5) is 3.01. The fraction of sp³-hybridized carbons (Fsp3) is 0.625. The number of nitrogens with zero attached hydrogens (tertiary/aromatic N) is 1. The molecule has 5 heteroatoms. The van der Waals surface area contributed by atoms with Crippen molar-refractivity contribution in [2.45, 2.75) is 36.6 Å². The van der Waals surface area contributed by atoms with E-state index in [1.165, 1.54) is 38.8 Å². The number of rotatable bonds is 4. The molecule has 0 aliphatic carbocycles. The quantitative estimate of drug-likeness (QED) is 0.924. The highest BCUT2D eigenvalue weighted by molar-refractivity contribution is 7.91. The van der Waals surface area contributed by atoms with Crippen molar-refractivity contribution in [2.75, 3.05) is 31.9 Å². The van der Waals surface area contributed by atoms with Crippen LogP contribution in [0.5, 0.6) is 0 Å². The van der Waals surface area contributed by atoms with E-state index in [0.29, 0.717) is 4.90 Å². The fourth-order valence-electron chi connectivity index (χ4n) is 3.38. The summed E-state index contributed by atoms with van der Waals surface area (Å²) in [6.45, 7) is 4.23. The second-order valence-electron chi connectivity index (χ2n) is 6.08. The van der Waals surface area contributed by atoms with Crippen LogP contribution in [0.4, 0.5) is 0 Å². The molecule has 3 rings (SSSR count). The third kappa shape index (κ3) is 3.47. The normalized spacial score (nSPS) is 25.4. The third-order valence-electron chi connectivity index (χ3n) is 4.53. The Kier molecular flexibility index (Phi) is 4.62. The Morgan fingerprint density at radius 3 is 2.57 bits per heavy atom. The molecule has 1 fully saturated rings. The molecule has 1 atom stereocenters. The van der Waals surface area contributed by atoms with Crippen LogP contribution in [0.3, 0.4) is 0 Å². The molecule has 21 heavy (non-hydrogen) atoms. The zero-order valence-corrected chi connectivity index (χ0v) is 13.2. The smallest absolute Gasteiger partial charge is 0.180 e. The van der Waals surface area contributed by atoms with E-state index >= 15 is 0 Å². The van der Waals surface area contributed by atoms with Crippen molar-refractivity contribution in [3.05, 3.63) is 29.8 Å². The van der Waals surface area contributed by atoms with Crippen LogP contribution in [0.2, 0.25) is 0 Å². The summed E-state index contributed by atoms with van der Waals surface area (Å²) in [6.07, 6.45) is 5.28. The van der Waals surface area contributed by atoms with Crippen molar-refractivity contribution in [2.24, 2.45) is 0 Å². The predicted molar refractivity (Wildman–Crippen MR) is 84.1 cm³/mol. The van der Waals surface area contributed by atoms with E-state index in [-0.39, 0.29) is 11.8 Å². The lowest BCUT2D eigenvalue weighted by Gasteiger charge is -2.21. The Hall–Kier alpha value is -0.910. The topological polar surface area (TPSA) is 49.4 Å². The highest BCUT2D eigenvalue weighted by Crippen LogP contribution is 2.32. The highest BCUT2D eigenvalue weighted by Gasteiger charge is 2.33. The van der Waals surface area contributed by atoms with Gasteiger partial charge in [-0.1, -0.05) is 31.0 Å². The monoisotopic (exact) mass is 308 g/mol. The van der Waals surface area contributed by atoms with Gasteiger partial charge in [0.15, 0.2) is 9.84 Å². The van der Waals surface area contributed by atoms with Gasteiger partial charge in [0.25, 0.3) is 0 Å². The molecule has 116 valence electrons. The molecule has 1 saturated heterocycles. The summed E-state index contributed by atoms with van der Waals surface area (Å²) in [7, 11) is -3.09. The average Bonchev–Trinajstić information content (AvgIpc) is 2.65. The van der Waals surface area contributed by atoms with Crippen molar-refractivity contribution >= 4 is 9.84 Å². The molecular weight excluding hydrogens is 284 g/mol. The number of likely N-dealkylation sites (tertiary alicyclic amines) is 1. The van der Waals surface area contributed by atoms with E-state index in [4.69, 9.17) is 0 Å².